The van der Waals surface area contributed by atoms with Crippen LogP contribution in [0.5, 0.6) is 5.75 Å². The number of nitrogens with two attached hydrogens (primary N) is 1. The van der Waals surface area contributed by atoms with Crippen molar-refractivity contribution in [1.82, 2.24) is 20.2 Å². The first-order valence-electron chi connectivity index (χ1n) is 16.7. The van der Waals surface area contributed by atoms with Crippen LogP contribution in [0.3, 0.4) is 0 Å². The number of hydrogen-bond donors (Lipinski definition) is 4. The molecule has 0 atom stereocenters. The number of nitrogens with one attached hydrogen (secondary N) is 3. The van der Waals surface area contributed by atoms with Crippen molar-refractivity contribution >= 4 is 64.7 Å². The summed E-state index contributed by atoms with van der Waals surface area (Å²) in [6.45, 7) is 8.70. The molecule has 15 nitrogen and oxygen atoms in total. The summed E-state index contributed by atoms with van der Waals surface area (Å²) in [7, 11) is -0.954. The second-order valence-electron chi connectivity index (χ2n) is 11.9. The number of piperazine rings is 1. The fourth-order valence-corrected chi connectivity index (χ4v) is 6.49. The van der Waals surface area contributed by atoms with E-state index in [0.29, 0.717) is 118 Å². The first-order chi connectivity index (χ1) is 24.6. The molecule has 0 spiro atoms. The topological polar surface area (TPSA) is 182 Å². The van der Waals surface area contributed by atoms with E-state index in [1.807, 2.05) is 47.4 Å². The largest absolute Gasteiger partial charge is 0.494 e. The first-order valence-corrected chi connectivity index (χ1v) is 19.7. The third-order valence-corrected chi connectivity index (χ3v) is 9.70. The van der Waals surface area contributed by atoms with E-state index in [1.165, 1.54) is 6.20 Å². The molecule has 0 unspecified atom stereocenters. The molecule has 0 saturated carbocycles. The second-order valence-corrected chi connectivity index (χ2v) is 15.5. The molecule has 2 heterocycles. The molecular weight excluding hydrogens is 699 g/mol. The number of ether oxygens (including phenoxy) is 4. The molecule has 17 heteroatoms. The molecule has 278 valence electrons. The molecule has 1 saturated heterocycles. The smallest absolute Gasteiger partial charge is 0.233 e. The van der Waals surface area contributed by atoms with Crippen LogP contribution in [0.25, 0.3) is 0 Å². The van der Waals surface area contributed by atoms with E-state index in [-0.39, 0.29) is 18.4 Å². The normalized spacial score (nSPS) is 13.2. The number of amides is 2. The molecule has 1 aromatic heterocycles. The average molecular weight is 747 g/mol. The minimum atomic E-state index is -2.55. The summed E-state index contributed by atoms with van der Waals surface area (Å²) in [6.07, 6.45) is 1.80. The standard InChI is InChI=1S/C34H48ClN8O7P/c1-47-29-22-25(8-9-27(29)40-34-38-24-26(35)33(41-34)39-28-6-4-5-7-30(28)51(2,3)46)42-12-14-43(15-13-42)32(45)10-16-48-18-20-50-21-19-49-17-11-37-31(44)23-36/h4-9,22,24H,10-21,23,36H2,1-3H3,(H,37,44)(H2,38,39,40,41). The van der Waals surface area contributed by atoms with Crippen LogP contribution in [0.15, 0.2) is 48.7 Å². The van der Waals surface area contributed by atoms with Crippen LogP contribution in [-0.4, -0.2) is 126 Å². The van der Waals surface area contributed by atoms with Gasteiger partial charge in [-0.15, -0.1) is 0 Å². The zero-order valence-corrected chi connectivity index (χ0v) is 31.0. The Balaban J connectivity index is 1.19. The molecule has 51 heavy (non-hydrogen) atoms. The number of carbonyl (C=O) groups excluding carboxylic acids is 2. The monoisotopic (exact) mass is 746 g/mol. The Bertz CT molecular complexity index is 1640. The van der Waals surface area contributed by atoms with Gasteiger partial charge in [-0.1, -0.05) is 23.7 Å². The molecule has 1 fully saturated rings. The Morgan fingerprint density at radius 3 is 2.29 bits per heavy atom. The van der Waals surface area contributed by atoms with Gasteiger partial charge in [-0.05, 0) is 37.6 Å². The third-order valence-electron chi connectivity index (χ3n) is 7.87. The fourth-order valence-electron chi connectivity index (χ4n) is 5.20. The number of nitrogens with zero attached hydrogens (tertiary/aromatic N) is 4. The number of hydrogen-bond acceptors (Lipinski definition) is 13. The Morgan fingerprint density at radius 1 is 0.922 bits per heavy atom. The molecule has 0 aliphatic carbocycles. The predicted octanol–water partition coefficient (Wildman–Crippen LogP) is 3.04. The third kappa shape index (κ3) is 12.6. The Labute approximate surface area is 303 Å². The number of methoxy groups -OCH3 is 1. The molecule has 1 aliphatic heterocycles. The van der Waals surface area contributed by atoms with E-state index in [9.17, 15) is 14.2 Å². The highest BCUT2D eigenvalue weighted by molar-refractivity contribution is 7.70. The molecule has 0 bridgehead atoms. The number of carbonyl (C=O) groups is 2. The predicted molar refractivity (Wildman–Crippen MR) is 200 cm³/mol. The van der Waals surface area contributed by atoms with Gasteiger partial charge in [-0.2, -0.15) is 4.98 Å². The lowest BCUT2D eigenvalue weighted by Gasteiger charge is -2.36. The van der Waals surface area contributed by atoms with E-state index in [1.54, 1.807) is 20.4 Å². The second kappa shape index (κ2) is 20.2. The Kier molecular flexibility index (Phi) is 15.7. The minimum Gasteiger partial charge on any atom is -0.494 e. The van der Waals surface area contributed by atoms with Crippen LogP contribution < -0.4 is 36.6 Å². The highest BCUT2D eigenvalue weighted by atomic mass is 35.5. The number of benzene rings is 2. The molecule has 2 amide bonds. The number of halogens is 1. The quantitative estimate of drug-likeness (QED) is 0.0979. The van der Waals surface area contributed by atoms with Crippen molar-refractivity contribution < 1.29 is 33.1 Å². The summed E-state index contributed by atoms with van der Waals surface area (Å²) < 4.78 is 34.9. The maximum Gasteiger partial charge on any atom is 0.233 e. The van der Waals surface area contributed by atoms with Crippen molar-refractivity contribution in [2.24, 2.45) is 5.73 Å². The first kappa shape index (κ1) is 39.8. The van der Waals surface area contributed by atoms with Gasteiger partial charge in [0.1, 0.15) is 17.9 Å². The summed E-state index contributed by atoms with van der Waals surface area (Å²) in [6, 6.07) is 13.2. The van der Waals surface area contributed by atoms with Crippen LogP contribution in [0.4, 0.5) is 28.8 Å². The lowest BCUT2D eigenvalue weighted by Crippen LogP contribution is -2.49. The molecule has 1 aliphatic rings. The molecular formula is C34H48ClN8O7P. The maximum absolute atomic E-state index is 12.8. The highest BCUT2D eigenvalue weighted by Gasteiger charge is 2.22. The van der Waals surface area contributed by atoms with Crippen molar-refractivity contribution in [3.63, 3.8) is 0 Å². The number of rotatable bonds is 20. The van der Waals surface area contributed by atoms with Crippen molar-refractivity contribution in [1.29, 1.82) is 0 Å². The van der Waals surface area contributed by atoms with Gasteiger partial charge in [0, 0.05) is 49.8 Å². The zero-order valence-electron chi connectivity index (χ0n) is 29.4. The van der Waals surface area contributed by atoms with Gasteiger partial charge >= 0.3 is 0 Å². The molecule has 0 radical (unpaired) electrons. The van der Waals surface area contributed by atoms with E-state index in [0.717, 1.165) is 5.69 Å². The average Bonchev–Trinajstić information content (AvgIpc) is 3.13. The van der Waals surface area contributed by atoms with Crippen molar-refractivity contribution in [3.05, 3.63) is 53.7 Å². The van der Waals surface area contributed by atoms with Crippen LogP contribution in [0.2, 0.25) is 5.02 Å². The van der Waals surface area contributed by atoms with Gasteiger partial charge in [0.15, 0.2) is 5.82 Å². The summed E-state index contributed by atoms with van der Waals surface area (Å²) in [5.41, 5.74) is 7.52. The van der Waals surface area contributed by atoms with E-state index in [4.69, 9.17) is 36.3 Å². The van der Waals surface area contributed by atoms with Crippen molar-refractivity contribution in [2.75, 3.05) is 115 Å². The van der Waals surface area contributed by atoms with Crippen LogP contribution in [0.1, 0.15) is 6.42 Å². The summed E-state index contributed by atoms with van der Waals surface area (Å²) in [5, 5.41) is 10.1. The van der Waals surface area contributed by atoms with Gasteiger partial charge in [-0.3, -0.25) is 9.59 Å². The minimum absolute atomic E-state index is 0.0377. The summed E-state index contributed by atoms with van der Waals surface area (Å²) in [5.74, 6) is 1.12. The van der Waals surface area contributed by atoms with Gasteiger partial charge in [0.25, 0.3) is 0 Å². The number of aromatic nitrogens is 2. The van der Waals surface area contributed by atoms with Crippen molar-refractivity contribution in [2.45, 2.75) is 6.42 Å². The molecule has 3 aromatic rings. The molecule has 5 N–H and O–H groups in total. The van der Waals surface area contributed by atoms with Crippen LogP contribution in [-0.2, 0) is 28.4 Å². The zero-order chi connectivity index (χ0) is 36.6. The molecule has 4 rings (SSSR count). The van der Waals surface area contributed by atoms with E-state index in [2.05, 4.69) is 30.8 Å². The van der Waals surface area contributed by atoms with Crippen molar-refractivity contribution in [3.8, 4) is 5.75 Å². The van der Waals surface area contributed by atoms with Crippen LogP contribution >= 0.6 is 18.7 Å². The van der Waals surface area contributed by atoms with Gasteiger partial charge in [-0.25, -0.2) is 4.98 Å². The molecule has 2 aromatic carbocycles. The summed E-state index contributed by atoms with van der Waals surface area (Å²) in [4.78, 5) is 36.8. The Morgan fingerprint density at radius 2 is 1.61 bits per heavy atom. The SMILES string of the molecule is COc1cc(N2CCN(C(=O)CCOCCOCCOCCNC(=O)CN)CC2)ccc1Nc1ncc(Cl)c(Nc2ccccc2P(C)(C)=O)n1. The van der Waals surface area contributed by atoms with Gasteiger partial charge in [0.05, 0.1) is 77.3 Å². The van der Waals surface area contributed by atoms with E-state index < -0.39 is 7.14 Å². The maximum atomic E-state index is 12.8. The van der Waals surface area contributed by atoms with Gasteiger partial charge < -0.3 is 55.0 Å². The fraction of sp³-hybridized carbons (Fsp3) is 0.471. The van der Waals surface area contributed by atoms with Crippen LogP contribution in [0, 0.1) is 0 Å². The highest BCUT2D eigenvalue weighted by Crippen LogP contribution is 2.39. The number of para-hydroxylation sites is 1. The Hall–Kier alpha value is -3.98. The summed E-state index contributed by atoms with van der Waals surface area (Å²) >= 11 is 6.42. The lowest BCUT2D eigenvalue weighted by molar-refractivity contribution is -0.132. The van der Waals surface area contributed by atoms with E-state index >= 15 is 0 Å². The van der Waals surface area contributed by atoms with Gasteiger partial charge in [0.2, 0.25) is 17.8 Å². The lowest BCUT2D eigenvalue weighted by atomic mass is 10.2. The number of anilines is 5.